The number of nitrogen functional groups attached to an aromatic ring is 1. The first-order valence-corrected chi connectivity index (χ1v) is 9.04. The second kappa shape index (κ2) is 5.41. The number of para-hydroxylation sites is 1. The fraction of sp³-hybridized carbons (Fsp3) is 0. The fourth-order valence-corrected chi connectivity index (χ4v) is 4.63. The minimum atomic E-state index is 0.498. The molecular weight excluding hydrogens is 350 g/mol. The molecule has 0 unspecified atom stereocenters. The highest BCUT2D eigenvalue weighted by atomic mass is 35.5. The van der Waals surface area contributed by atoms with E-state index >= 15 is 0 Å². The molecular formula is C20H12ClN3S. The molecule has 5 rings (SSSR count). The van der Waals surface area contributed by atoms with Gasteiger partial charge in [0.2, 0.25) is 0 Å². The lowest BCUT2D eigenvalue weighted by molar-refractivity contribution is 1.43. The van der Waals surface area contributed by atoms with Crippen molar-refractivity contribution in [3.8, 4) is 11.3 Å². The van der Waals surface area contributed by atoms with E-state index in [1.807, 2.05) is 54.6 Å². The highest BCUT2D eigenvalue weighted by Gasteiger charge is 2.17. The summed E-state index contributed by atoms with van der Waals surface area (Å²) in [7, 11) is 0. The van der Waals surface area contributed by atoms with Gasteiger partial charge in [0.05, 0.1) is 15.9 Å². The number of fused-ring (bicyclic) bond motifs is 5. The van der Waals surface area contributed by atoms with E-state index in [9.17, 15) is 0 Å². The highest BCUT2D eigenvalue weighted by Crippen LogP contribution is 2.43. The van der Waals surface area contributed by atoms with Crippen LogP contribution < -0.4 is 5.73 Å². The van der Waals surface area contributed by atoms with E-state index in [1.54, 1.807) is 11.3 Å². The van der Waals surface area contributed by atoms with Crippen molar-refractivity contribution in [3.63, 3.8) is 0 Å². The summed E-state index contributed by atoms with van der Waals surface area (Å²) in [6.45, 7) is 0. The molecule has 0 radical (unpaired) electrons. The van der Waals surface area contributed by atoms with Crippen molar-refractivity contribution in [1.82, 2.24) is 9.97 Å². The third-order valence-corrected chi connectivity index (χ3v) is 5.82. The predicted molar refractivity (Wildman–Crippen MR) is 107 cm³/mol. The molecule has 3 nitrogen and oxygen atoms in total. The van der Waals surface area contributed by atoms with Crippen molar-refractivity contribution < 1.29 is 0 Å². The number of pyridine rings is 2. The Morgan fingerprint density at radius 2 is 1.64 bits per heavy atom. The Balaban J connectivity index is 1.94. The Kier molecular flexibility index (Phi) is 3.17. The lowest BCUT2D eigenvalue weighted by Crippen LogP contribution is -1.91. The second-order valence-electron chi connectivity index (χ2n) is 5.87. The summed E-state index contributed by atoms with van der Waals surface area (Å²) in [6, 6.07) is 20.0. The molecule has 0 bridgehead atoms. The Bertz CT molecular complexity index is 1260. The van der Waals surface area contributed by atoms with Gasteiger partial charge >= 0.3 is 0 Å². The molecule has 0 fully saturated rings. The summed E-state index contributed by atoms with van der Waals surface area (Å²) in [5.74, 6) is 0. The molecule has 5 aromatic rings. The maximum Gasteiger partial charge on any atom is 0.147 e. The molecule has 0 aliphatic heterocycles. The number of hydrogen-bond acceptors (Lipinski definition) is 4. The van der Waals surface area contributed by atoms with E-state index < -0.39 is 0 Å². The largest absolute Gasteiger partial charge is 0.398 e. The summed E-state index contributed by atoms with van der Waals surface area (Å²) in [5.41, 5.74) is 9.94. The van der Waals surface area contributed by atoms with E-state index in [4.69, 9.17) is 22.3 Å². The Morgan fingerprint density at radius 1 is 0.880 bits per heavy atom. The Morgan fingerprint density at radius 3 is 2.48 bits per heavy atom. The average Bonchev–Trinajstić information content (AvgIpc) is 3.04. The number of nitrogens with two attached hydrogens (primary N) is 1. The SMILES string of the molecule is Nc1cc(-c2ccccc2)nc2sc3c(Cl)nc4ccccc4c3c12. The van der Waals surface area contributed by atoms with E-state index in [0.29, 0.717) is 10.8 Å². The number of aromatic nitrogens is 2. The van der Waals surface area contributed by atoms with E-state index in [1.165, 1.54) is 0 Å². The van der Waals surface area contributed by atoms with Crippen LogP contribution in [-0.2, 0) is 0 Å². The number of hydrogen-bond donors (Lipinski definition) is 1. The third kappa shape index (κ3) is 2.18. The van der Waals surface area contributed by atoms with Crippen LogP contribution in [0.15, 0.2) is 60.7 Å². The first-order valence-electron chi connectivity index (χ1n) is 7.85. The minimum absolute atomic E-state index is 0.498. The smallest absolute Gasteiger partial charge is 0.147 e. The number of rotatable bonds is 1. The van der Waals surface area contributed by atoms with Gasteiger partial charge in [0.15, 0.2) is 0 Å². The van der Waals surface area contributed by atoms with Gasteiger partial charge in [-0.25, -0.2) is 9.97 Å². The highest BCUT2D eigenvalue weighted by molar-refractivity contribution is 7.26. The van der Waals surface area contributed by atoms with Gasteiger partial charge in [-0.1, -0.05) is 60.1 Å². The summed E-state index contributed by atoms with van der Waals surface area (Å²) < 4.78 is 0.930. The molecule has 0 atom stereocenters. The van der Waals surface area contributed by atoms with Gasteiger partial charge in [0.1, 0.15) is 9.98 Å². The number of thiophene rings is 1. The second-order valence-corrected chi connectivity index (χ2v) is 7.23. The fourth-order valence-electron chi connectivity index (χ4n) is 3.22. The van der Waals surface area contributed by atoms with Crippen LogP contribution in [0.3, 0.4) is 0 Å². The van der Waals surface area contributed by atoms with Crippen LogP contribution in [0.4, 0.5) is 5.69 Å². The molecule has 2 aromatic carbocycles. The van der Waals surface area contributed by atoms with E-state index in [0.717, 1.165) is 42.5 Å². The normalized spacial score (nSPS) is 11.6. The summed E-state index contributed by atoms with van der Waals surface area (Å²) >= 11 is 7.99. The molecule has 3 aromatic heterocycles. The van der Waals surface area contributed by atoms with Crippen LogP contribution in [0.25, 0.3) is 42.5 Å². The van der Waals surface area contributed by atoms with Gasteiger partial charge in [-0.15, -0.1) is 11.3 Å². The van der Waals surface area contributed by atoms with Gasteiger partial charge in [-0.05, 0) is 12.1 Å². The van der Waals surface area contributed by atoms with Gasteiger partial charge in [0, 0.05) is 27.4 Å². The number of benzene rings is 2. The molecule has 0 saturated heterocycles. The number of anilines is 1. The van der Waals surface area contributed by atoms with Crippen LogP contribution in [0.5, 0.6) is 0 Å². The third-order valence-electron chi connectivity index (χ3n) is 4.34. The van der Waals surface area contributed by atoms with E-state index in [2.05, 4.69) is 11.1 Å². The summed E-state index contributed by atoms with van der Waals surface area (Å²) in [6.07, 6.45) is 0. The van der Waals surface area contributed by atoms with Crippen LogP contribution in [0, 0.1) is 0 Å². The summed E-state index contributed by atoms with van der Waals surface area (Å²) in [5, 5.41) is 3.55. The molecule has 25 heavy (non-hydrogen) atoms. The zero-order chi connectivity index (χ0) is 17.0. The zero-order valence-corrected chi connectivity index (χ0v) is 14.6. The molecule has 120 valence electrons. The van der Waals surface area contributed by atoms with Gasteiger partial charge < -0.3 is 5.73 Å². The minimum Gasteiger partial charge on any atom is -0.398 e. The van der Waals surface area contributed by atoms with Gasteiger partial charge in [-0.3, -0.25) is 0 Å². The topological polar surface area (TPSA) is 51.8 Å². The van der Waals surface area contributed by atoms with Crippen molar-refractivity contribution in [1.29, 1.82) is 0 Å². The van der Waals surface area contributed by atoms with Crippen molar-refractivity contribution in [3.05, 3.63) is 65.8 Å². The lowest BCUT2D eigenvalue weighted by Gasteiger charge is -2.05. The zero-order valence-electron chi connectivity index (χ0n) is 13.0. The Labute approximate surface area is 152 Å². The molecule has 0 saturated carbocycles. The molecule has 5 heteroatoms. The molecule has 0 amide bonds. The van der Waals surface area contributed by atoms with Crippen LogP contribution in [0.2, 0.25) is 5.15 Å². The van der Waals surface area contributed by atoms with Crippen LogP contribution in [-0.4, -0.2) is 9.97 Å². The quantitative estimate of drug-likeness (QED) is 0.378. The maximum absolute atomic E-state index is 6.45. The first kappa shape index (κ1) is 14.6. The number of nitrogens with zero attached hydrogens (tertiary/aromatic N) is 2. The molecule has 3 heterocycles. The molecule has 0 aliphatic carbocycles. The molecule has 0 spiro atoms. The van der Waals surface area contributed by atoms with E-state index in [-0.39, 0.29) is 0 Å². The van der Waals surface area contributed by atoms with Crippen molar-refractivity contribution in [2.75, 3.05) is 5.73 Å². The monoisotopic (exact) mass is 361 g/mol. The first-order chi connectivity index (χ1) is 12.2. The Hall–Kier alpha value is -2.69. The number of halogens is 1. The maximum atomic E-state index is 6.45. The molecule has 0 aliphatic rings. The summed E-state index contributed by atoms with van der Waals surface area (Å²) in [4.78, 5) is 10.2. The van der Waals surface area contributed by atoms with Crippen LogP contribution >= 0.6 is 22.9 Å². The standard InChI is InChI=1S/C20H12ClN3S/c21-19-18-16(12-8-4-5-9-14(12)23-19)17-13(22)10-15(24-20(17)25-18)11-6-2-1-3-7-11/h1-10H,(H2,22,24). The van der Waals surface area contributed by atoms with Crippen molar-refractivity contribution in [2.45, 2.75) is 0 Å². The van der Waals surface area contributed by atoms with Gasteiger partial charge in [0.25, 0.3) is 0 Å². The lowest BCUT2D eigenvalue weighted by atomic mass is 10.1. The predicted octanol–water partition coefficient (Wildman–Crippen LogP) is 5.90. The van der Waals surface area contributed by atoms with Crippen molar-refractivity contribution in [2.24, 2.45) is 0 Å². The molecule has 2 N–H and O–H groups in total. The van der Waals surface area contributed by atoms with Crippen LogP contribution in [0.1, 0.15) is 0 Å². The van der Waals surface area contributed by atoms with Crippen molar-refractivity contribution >= 4 is 59.8 Å². The average molecular weight is 362 g/mol. The van der Waals surface area contributed by atoms with Gasteiger partial charge in [-0.2, -0.15) is 0 Å².